The first-order chi connectivity index (χ1) is 9.40. The summed E-state index contributed by atoms with van der Waals surface area (Å²) in [6, 6.07) is 0.401. The van der Waals surface area contributed by atoms with Crippen molar-refractivity contribution in [3.63, 3.8) is 0 Å². The van der Waals surface area contributed by atoms with Gasteiger partial charge in [0.2, 0.25) is 5.91 Å². The van der Waals surface area contributed by atoms with Crippen LogP contribution in [-0.2, 0) is 4.79 Å². The molecule has 1 amide bonds. The minimum Gasteiger partial charge on any atom is -0.356 e. The molecular weight excluding hydrogens is 248 g/mol. The Labute approximate surface area is 125 Å². The molecule has 0 bridgehead atoms. The van der Waals surface area contributed by atoms with E-state index in [9.17, 15) is 4.79 Å². The Morgan fingerprint density at radius 3 is 2.15 bits per heavy atom. The maximum Gasteiger partial charge on any atom is 0.220 e. The number of nitrogens with two attached hydrogens (primary N) is 1. The maximum atomic E-state index is 12.0. The SMILES string of the molecule is CC(C)C(CNC(=O)CCC1CCC(N)CC1)C(C)C. The fourth-order valence-corrected chi connectivity index (χ4v) is 3.37. The third-order valence-corrected chi connectivity index (χ3v) is 4.92. The van der Waals surface area contributed by atoms with Crippen LogP contribution in [0.5, 0.6) is 0 Å². The van der Waals surface area contributed by atoms with Gasteiger partial charge in [-0.2, -0.15) is 0 Å². The second-order valence-electron chi connectivity index (χ2n) is 7.28. The molecule has 3 heteroatoms. The number of hydrogen-bond donors (Lipinski definition) is 2. The highest BCUT2D eigenvalue weighted by Gasteiger charge is 2.20. The number of nitrogens with one attached hydrogen (secondary N) is 1. The van der Waals surface area contributed by atoms with Crippen molar-refractivity contribution in [2.75, 3.05) is 6.54 Å². The van der Waals surface area contributed by atoms with Gasteiger partial charge >= 0.3 is 0 Å². The zero-order valence-corrected chi connectivity index (χ0v) is 13.8. The van der Waals surface area contributed by atoms with Crippen molar-refractivity contribution >= 4 is 5.91 Å². The smallest absolute Gasteiger partial charge is 0.220 e. The second kappa shape index (κ2) is 8.66. The van der Waals surface area contributed by atoms with Crippen LogP contribution < -0.4 is 11.1 Å². The van der Waals surface area contributed by atoms with Crippen LogP contribution >= 0.6 is 0 Å². The lowest BCUT2D eigenvalue weighted by Crippen LogP contribution is -2.34. The van der Waals surface area contributed by atoms with E-state index in [0.717, 1.165) is 25.8 Å². The summed E-state index contributed by atoms with van der Waals surface area (Å²) in [7, 11) is 0. The average Bonchev–Trinajstić information content (AvgIpc) is 2.37. The Hall–Kier alpha value is -0.570. The third-order valence-electron chi connectivity index (χ3n) is 4.92. The van der Waals surface area contributed by atoms with Crippen LogP contribution in [0.25, 0.3) is 0 Å². The molecule has 1 aliphatic rings. The molecule has 0 aromatic carbocycles. The van der Waals surface area contributed by atoms with Gasteiger partial charge in [-0.3, -0.25) is 4.79 Å². The van der Waals surface area contributed by atoms with E-state index in [0.29, 0.717) is 36.1 Å². The first kappa shape index (κ1) is 17.5. The van der Waals surface area contributed by atoms with Crippen LogP contribution in [0.4, 0.5) is 0 Å². The van der Waals surface area contributed by atoms with E-state index < -0.39 is 0 Å². The quantitative estimate of drug-likeness (QED) is 0.752. The van der Waals surface area contributed by atoms with Gasteiger partial charge in [0.1, 0.15) is 0 Å². The molecule has 0 aliphatic heterocycles. The third kappa shape index (κ3) is 6.25. The van der Waals surface area contributed by atoms with Crippen LogP contribution in [0.3, 0.4) is 0 Å². The van der Waals surface area contributed by atoms with Crippen molar-refractivity contribution in [2.45, 2.75) is 72.3 Å². The number of amides is 1. The Balaban J connectivity index is 2.20. The first-order valence-electron chi connectivity index (χ1n) is 8.42. The molecule has 0 atom stereocenters. The minimum absolute atomic E-state index is 0.228. The van der Waals surface area contributed by atoms with E-state index >= 15 is 0 Å². The highest BCUT2D eigenvalue weighted by Crippen LogP contribution is 2.26. The molecule has 3 nitrogen and oxygen atoms in total. The van der Waals surface area contributed by atoms with Crippen molar-refractivity contribution in [2.24, 2.45) is 29.4 Å². The average molecular weight is 282 g/mol. The molecule has 1 fully saturated rings. The predicted molar refractivity (Wildman–Crippen MR) is 85.3 cm³/mol. The van der Waals surface area contributed by atoms with Crippen LogP contribution in [0.2, 0.25) is 0 Å². The molecule has 1 rings (SSSR count). The van der Waals surface area contributed by atoms with Gasteiger partial charge in [0.15, 0.2) is 0 Å². The van der Waals surface area contributed by atoms with E-state index in [1.54, 1.807) is 0 Å². The first-order valence-corrected chi connectivity index (χ1v) is 8.42. The molecule has 0 aromatic heterocycles. The highest BCUT2D eigenvalue weighted by atomic mass is 16.1. The zero-order valence-electron chi connectivity index (χ0n) is 13.8. The molecule has 0 heterocycles. The van der Waals surface area contributed by atoms with Gasteiger partial charge in [-0.05, 0) is 55.8 Å². The fourth-order valence-electron chi connectivity index (χ4n) is 3.37. The standard InChI is InChI=1S/C17H34N2O/c1-12(2)16(13(3)4)11-19-17(20)10-7-14-5-8-15(18)9-6-14/h12-16H,5-11,18H2,1-4H3,(H,19,20). The Morgan fingerprint density at radius 2 is 1.65 bits per heavy atom. The van der Waals surface area contributed by atoms with Gasteiger partial charge in [0.25, 0.3) is 0 Å². The lowest BCUT2D eigenvalue weighted by Gasteiger charge is -2.27. The molecule has 0 unspecified atom stereocenters. The molecule has 0 radical (unpaired) electrons. The maximum absolute atomic E-state index is 12.0. The van der Waals surface area contributed by atoms with Crippen molar-refractivity contribution in [3.8, 4) is 0 Å². The summed E-state index contributed by atoms with van der Waals surface area (Å²) in [5.41, 5.74) is 5.91. The molecule has 1 aliphatic carbocycles. The molecule has 0 saturated heterocycles. The highest BCUT2D eigenvalue weighted by molar-refractivity contribution is 5.75. The molecule has 0 aromatic rings. The van der Waals surface area contributed by atoms with Crippen molar-refractivity contribution in [1.29, 1.82) is 0 Å². The van der Waals surface area contributed by atoms with Gasteiger partial charge in [0, 0.05) is 19.0 Å². The zero-order chi connectivity index (χ0) is 15.1. The van der Waals surface area contributed by atoms with Gasteiger partial charge in [-0.25, -0.2) is 0 Å². The second-order valence-corrected chi connectivity index (χ2v) is 7.28. The monoisotopic (exact) mass is 282 g/mol. The summed E-state index contributed by atoms with van der Waals surface area (Å²) in [5.74, 6) is 2.76. The fraction of sp³-hybridized carbons (Fsp3) is 0.941. The van der Waals surface area contributed by atoms with Gasteiger partial charge in [0.05, 0.1) is 0 Å². The van der Waals surface area contributed by atoms with E-state index in [1.807, 2.05) is 0 Å². The van der Waals surface area contributed by atoms with Crippen LogP contribution in [0.1, 0.15) is 66.2 Å². The Bertz CT molecular complexity index is 273. The largest absolute Gasteiger partial charge is 0.356 e. The van der Waals surface area contributed by atoms with E-state index in [-0.39, 0.29) is 5.91 Å². The van der Waals surface area contributed by atoms with Crippen molar-refractivity contribution in [1.82, 2.24) is 5.32 Å². The van der Waals surface area contributed by atoms with E-state index in [4.69, 9.17) is 5.73 Å². The van der Waals surface area contributed by atoms with Gasteiger partial charge in [-0.15, -0.1) is 0 Å². The van der Waals surface area contributed by atoms with Crippen LogP contribution in [0.15, 0.2) is 0 Å². The molecule has 20 heavy (non-hydrogen) atoms. The summed E-state index contributed by atoms with van der Waals surface area (Å²) in [5, 5.41) is 3.13. The van der Waals surface area contributed by atoms with E-state index in [1.165, 1.54) is 12.8 Å². The molecule has 3 N–H and O–H groups in total. The normalized spacial score (nSPS) is 23.6. The Morgan fingerprint density at radius 1 is 1.10 bits per heavy atom. The number of hydrogen-bond acceptors (Lipinski definition) is 2. The summed E-state index contributed by atoms with van der Waals surface area (Å²) < 4.78 is 0. The molecular formula is C17H34N2O. The van der Waals surface area contributed by atoms with Gasteiger partial charge < -0.3 is 11.1 Å². The van der Waals surface area contributed by atoms with Gasteiger partial charge in [-0.1, -0.05) is 27.7 Å². The summed E-state index contributed by atoms with van der Waals surface area (Å²) >= 11 is 0. The topological polar surface area (TPSA) is 55.1 Å². The number of carbonyl (C=O) groups is 1. The summed E-state index contributed by atoms with van der Waals surface area (Å²) in [4.78, 5) is 12.0. The van der Waals surface area contributed by atoms with Crippen molar-refractivity contribution in [3.05, 3.63) is 0 Å². The van der Waals surface area contributed by atoms with E-state index in [2.05, 4.69) is 33.0 Å². The number of carbonyl (C=O) groups excluding carboxylic acids is 1. The lowest BCUT2D eigenvalue weighted by atomic mass is 9.83. The Kier molecular flexibility index (Phi) is 7.57. The summed E-state index contributed by atoms with van der Waals surface area (Å²) in [6.45, 7) is 9.78. The lowest BCUT2D eigenvalue weighted by molar-refractivity contribution is -0.121. The predicted octanol–water partition coefficient (Wildman–Crippen LogP) is 3.33. The number of rotatable bonds is 7. The summed E-state index contributed by atoms with van der Waals surface area (Å²) in [6.07, 6.45) is 6.39. The molecule has 118 valence electrons. The molecule has 0 spiro atoms. The minimum atomic E-state index is 0.228. The van der Waals surface area contributed by atoms with Crippen LogP contribution in [0, 0.1) is 23.7 Å². The molecule has 1 saturated carbocycles. The van der Waals surface area contributed by atoms with Crippen molar-refractivity contribution < 1.29 is 4.79 Å². The van der Waals surface area contributed by atoms with Crippen LogP contribution in [-0.4, -0.2) is 18.5 Å².